The standard InChI is InChI=1S/C17H33NO3/c1-14(2)13-18-8-5-16(3,19)15-4-9-21-17(12-15)6-10-20-11-7-17/h14-15,18-19H,4-13H2,1-3H3. The summed E-state index contributed by atoms with van der Waals surface area (Å²) < 4.78 is 11.5. The Hall–Kier alpha value is -0.160. The molecule has 2 N–H and O–H groups in total. The molecule has 0 saturated carbocycles. The van der Waals surface area contributed by atoms with E-state index in [0.29, 0.717) is 11.8 Å². The smallest absolute Gasteiger partial charge is 0.0730 e. The van der Waals surface area contributed by atoms with Gasteiger partial charge in [0.1, 0.15) is 0 Å². The number of hydrogen-bond acceptors (Lipinski definition) is 4. The first-order valence-electron chi connectivity index (χ1n) is 8.58. The van der Waals surface area contributed by atoms with Crippen LogP contribution >= 0.6 is 0 Å². The fourth-order valence-corrected chi connectivity index (χ4v) is 3.59. The molecule has 2 heterocycles. The van der Waals surface area contributed by atoms with Crippen LogP contribution in [0.4, 0.5) is 0 Å². The summed E-state index contributed by atoms with van der Waals surface area (Å²) in [6.45, 7) is 10.7. The maximum atomic E-state index is 10.9. The van der Waals surface area contributed by atoms with Crippen LogP contribution in [0, 0.1) is 11.8 Å². The molecule has 2 rings (SSSR count). The molecule has 2 aliphatic rings. The summed E-state index contributed by atoms with van der Waals surface area (Å²) in [5.74, 6) is 0.994. The molecular weight excluding hydrogens is 266 g/mol. The number of ether oxygens (including phenoxy) is 2. The van der Waals surface area contributed by atoms with Gasteiger partial charge < -0.3 is 19.9 Å². The van der Waals surface area contributed by atoms with Crippen LogP contribution < -0.4 is 5.32 Å². The average molecular weight is 299 g/mol. The Balaban J connectivity index is 1.83. The average Bonchev–Trinajstić information content (AvgIpc) is 2.44. The van der Waals surface area contributed by atoms with Crippen molar-refractivity contribution in [3.63, 3.8) is 0 Å². The Morgan fingerprint density at radius 2 is 2.00 bits per heavy atom. The highest BCUT2D eigenvalue weighted by Crippen LogP contribution is 2.41. The molecule has 124 valence electrons. The van der Waals surface area contributed by atoms with Gasteiger partial charge in [0.25, 0.3) is 0 Å². The van der Waals surface area contributed by atoms with Crippen molar-refractivity contribution >= 4 is 0 Å². The molecule has 2 atom stereocenters. The van der Waals surface area contributed by atoms with Crippen LogP contribution in [0.2, 0.25) is 0 Å². The lowest BCUT2D eigenvalue weighted by Gasteiger charge is -2.47. The molecule has 0 aromatic heterocycles. The molecule has 2 saturated heterocycles. The molecule has 0 bridgehead atoms. The third-order valence-electron chi connectivity index (χ3n) is 5.14. The van der Waals surface area contributed by atoms with Gasteiger partial charge in [-0.25, -0.2) is 0 Å². The van der Waals surface area contributed by atoms with Crippen LogP contribution in [-0.2, 0) is 9.47 Å². The van der Waals surface area contributed by atoms with E-state index in [1.54, 1.807) is 0 Å². The van der Waals surface area contributed by atoms with E-state index in [9.17, 15) is 5.11 Å². The predicted octanol–water partition coefficient (Wildman–Crippen LogP) is 2.35. The highest BCUT2D eigenvalue weighted by molar-refractivity contribution is 4.95. The van der Waals surface area contributed by atoms with E-state index in [0.717, 1.165) is 65.0 Å². The Bertz CT molecular complexity index is 306. The van der Waals surface area contributed by atoms with Crippen molar-refractivity contribution in [1.82, 2.24) is 5.32 Å². The van der Waals surface area contributed by atoms with Gasteiger partial charge in [-0.15, -0.1) is 0 Å². The fourth-order valence-electron chi connectivity index (χ4n) is 3.59. The molecule has 0 amide bonds. The minimum atomic E-state index is -0.598. The zero-order valence-electron chi connectivity index (χ0n) is 14.0. The molecule has 0 aromatic carbocycles. The highest BCUT2D eigenvalue weighted by Gasteiger charge is 2.44. The lowest BCUT2D eigenvalue weighted by molar-refractivity contribution is -0.173. The monoisotopic (exact) mass is 299 g/mol. The minimum absolute atomic E-state index is 0.0312. The predicted molar refractivity (Wildman–Crippen MR) is 84.4 cm³/mol. The molecule has 4 heteroatoms. The van der Waals surface area contributed by atoms with Crippen molar-refractivity contribution in [3.8, 4) is 0 Å². The molecule has 2 aliphatic heterocycles. The second-order valence-electron chi connectivity index (χ2n) is 7.54. The van der Waals surface area contributed by atoms with Crippen LogP contribution in [0.5, 0.6) is 0 Å². The van der Waals surface area contributed by atoms with Gasteiger partial charge in [0.15, 0.2) is 0 Å². The van der Waals surface area contributed by atoms with Gasteiger partial charge in [0.05, 0.1) is 11.2 Å². The van der Waals surface area contributed by atoms with Gasteiger partial charge in [-0.2, -0.15) is 0 Å². The Morgan fingerprint density at radius 1 is 1.29 bits per heavy atom. The summed E-state index contributed by atoms with van der Waals surface area (Å²) >= 11 is 0. The summed E-state index contributed by atoms with van der Waals surface area (Å²) in [5, 5.41) is 14.3. The molecule has 2 fully saturated rings. The Morgan fingerprint density at radius 3 is 2.67 bits per heavy atom. The molecule has 1 spiro atoms. The van der Waals surface area contributed by atoms with Crippen molar-refractivity contribution in [2.24, 2.45) is 11.8 Å². The SMILES string of the molecule is CC(C)CNCCC(C)(O)C1CCOC2(CCOCC2)C1. The molecular formula is C17H33NO3. The molecule has 0 aliphatic carbocycles. The van der Waals surface area contributed by atoms with E-state index in [1.807, 2.05) is 6.92 Å². The topological polar surface area (TPSA) is 50.7 Å². The second-order valence-corrected chi connectivity index (χ2v) is 7.54. The molecule has 2 unspecified atom stereocenters. The zero-order valence-corrected chi connectivity index (χ0v) is 14.0. The van der Waals surface area contributed by atoms with Crippen LogP contribution in [0.15, 0.2) is 0 Å². The summed E-state index contributed by atoms with van der Waals surface area (Å²) in [5.41, 5.74) is -0.629. The fraction of sp³-hybridized carbons (Fsp3) is 1.00. The Kier molecular flexibility index (Phi) is 6.06. The molecule has 21 heavy (non-hydrogen) atoms. The van der Waals surface area contributed by atoms with E-state index < -0.39 is 5.60 Å². The van der Waals surface area contributed by atoms with Gasteiger partial charge in [-0.05, 0) is 64.0 Å². The molecule has 0 aromatic rings. The van der Waals surface area contributed by atoms with Crippen molar-refractivity contribution in [2.45, 2.75) is 64.1 Å². The summed E-state index contributed by atoms with van der Waals surface area (Å²) in [6, 6.07) is 0. The number of nitrogens with one attached hydrogen (secondary N) is 1. The first-order chi connectivity index (χ1) is 9.94. The third-order valence-corrected chi connectivity index (χ3v) is 5.14. The van der Waals surface area contributed by atoms with Crippen LogP contribution in [0.3, 0.4) is 0 Å². The van der Waals surface area contributed by atoms with Crippen molar-refractivity contribution in [1.29, 1.82) is 0 Å². The summed E-state index contributed by atoms with van der Waals surface area (Å²) in [7, 11) is 0. The lowest BCUT2D eigenvalue weighted by Crippen LogP contribution is -2.50. The number of hydrogen-bond donors (Lipinski definition) is 2. The van der Waals surface area contributed by atoms with E-state index in [2.05, 4.69) is 19.2 Å². The normalized spacial score (nSPS) is 28.7. The lowest BCUT2D eigenvalue weighted by atomic mass is 9.73. The number of aliphatic hydroxyl groups is 1. The van der Waals surface area contributed by atoms with Crippen molar-refractivity contribution < 1.29 is 14.6 Å². The van der Waals surface area contributed by atoms with Crippen molar-refractivity contribution in [2.75, 3.05) is 32.9 Å². The zero-order chi connectivity index (χ0) is 15.3. The summed E-state index contributed by atoms with van der Waals surface area (Å²) in [6.07, 6.45) is 4.72. The van der Waals surface area contributed by atoms with Crippen LogP contribution in [-0.4, -0.2) is 49.2 Å². The van der Waals surface area contributed by atoms with Gasteiger partial charge in [0, 0.05) is 19.8 Å². The molecule has 0 radical (unpaired) electrons. The molecule has 4 nitrogen and oxygen atoms in total. The van der Waals surface area contributed by atoms with E-state index in [4.69, 9.17) is 9.47 Å². The Labute approximate surface area is 129 Å². The second kappa shape index (κ2) is 7.40. The van der Waals surface area contributed by atoms with E-state index in [-0.39, 0.29) is 5.60 Å². The summed E-state index contributed by atoms with van der Waals surface area (Å²) in [4.78, 5) is 0. The maximum Gasteiger partial charge on any atom is 0.0730 e. The van der Waals surface area contributed by atoms with Crippen molar-refractivity contribution in [3.05, 3.63) is 0 Å². The van der Waals surface area contributed by atoms with Gasteiger partial charge in [-0.3, -0.25) is 0 Å². The van der Waals surface area contributed by atoms with Crippen LogP contribution in [0.25, 0.3) is 0 Å². The minimum Gasteiger partial charge on any atom is -0.390 e. The van der Waals surface area contributed by atoms with Gasteiger partial charge in [-0.1, -0.05) is 13.8 Å². The quantitative estimate of drug-likeness (QED) is 0.739. The van der Waals surface area contributed by atoms with E-state index in [1.165, 1.54) is 0 Å². The van der Waals surface area contributed by atoms with Crippen LogP contribution in [0.1, 0.15) is 52.9 Å². The first-order valence-corrected chi connectivity index (χ1v) is 8.58. The van der Waals surface area contributed by atoms with Gasteiger partial charge >= 0.3 is 0 Å². The highest BCUT2D eigenvalue weighted by atomic mass is 16.5. The first kappa shape index (κ1) is 17.2. The maximum absolute atomic E-state index is 10.9. The van der Waals surface area contributed by atoms with Gasteiger partial charge in [0.2, 0.25) is 0 Å². The third kappa shape index (κ3) is 4.92. The largest absolute Gasteiger partial charge is 0.390 e. The van der Waals surface area contributed by atoms with E-state index >= 15 is 0 Å². The number of rotatable bonds is 6.